The molecule has 0 fully saturated rings. The molecule has 0 saturated carbocycles. The molecular weight excluding hydrogens is 294 g/mol. The molecule has 0 aliphatic rings. The zero-order chi connectivity index (χ0) is 15.9. The van der Waals surface area contributed by atoms with E-state index in [2.05, 4.69) is 29.4 Å². The van der Waals surface area contributed by atoms with Gasteiger partial charge in [0.15, 0.2) is 0 Å². The first kappa shape index (κ1) is 16.6. The molecule has 0 saturated heterocycles. The number of anilines is 1. The standard InChI is InChI=1S/C17H23N3OS/c1-4-6-7-13(5-2)16-19-20-17(22-16)18-15(21)14-10-8-12(3)9-11-14/h8-11,13H,4-7H2,1-3H3,(H,18,20,21). The topological polar surface area (TPSA) is 54.9 Å². The van der Waals surface area contributed by atoms with Crippen molar-refractivity contribution in [2.75, 3.05) is 5.32 Å². The first-order chi connectivity index (χ1) is 10.6. The summed E-state index contributed by atoms with van der Waals surface area (Å²) in [6.07, 6.45) is 4.57. The fourth-order valence-corrected chi connectivity index (χ4v) is 3.23. The summed E-state index contributed by atoms with van der Waals surface area (Å²) in [6, 6.07) is 7.50. The minimum Gasteiger partial charge on any atom is -0.296 e. The van der Waals surface area contributed by atoms with Gasteiger partial charge in [-0.3, -0.25) is 10.1 Å². The number of nitrogens with one attached hydrogen (secondary N) is 1. The van der Waals surface area contributed by atoms with Crippen LogP contribution >= 0.6 is 11.3 Å². The van der Waals surface area contributed by atoms with Gasteiger partial charge in [-0.05, 0) is 31.9 Å². The molecule has 1 atom stereocenters. The summed E-state index contributed by atoms with van der Waals surface area (Å²) >= 11 is 1.49. The van der Waals surface area contributed by atoms with Crippen LogP contribution in [0.3, 0.4) is 0 Å². The maximum atomic E-state index is 12.2. The van der Waals surface area contributed by atoms with Crippen molar-refractivity contribution in [3.8, 4) is 0 Å². The number of nitrogens with zero attached hydrogens (tertiary/aromatic N) is 2. The molecule has 0 spiro atoms. The van der Waals surface area contributed by atoms with Gasteiger partial charge >= 0.3 is 0 Å². The van der Waals surface area contributed by atoms with Crippen LogP contribution in [0, 0.1) is 6.92 Å². The Hall–Kier alpha value is -1.75. The van der Waals surface area contributed by atoms with Gasteiger partial charge in [-0.1, -0.05) is 55.7 Å². The highest BCUT2D eigenvalue weighted by Gasteiger charge is 2.16. The quantitative estimate of drug-likeness (QED) is 0.799. The van der Waals surface area contributed by atoms with Gasteiger partial charge in [-0.2, -0.15) is 0 Å². The third-order valence-electron chi connectivity index (χ3n) is 3.72. The second-order valence-corrected chi connectivity index (χ2v) is 6.52. The Morgan fingerprint density at radius 3 is 2.59 bits per heavy atom. The van der Waals surface area contributed by atoms with E-state index in [1.807, 2.05) is 31.2 Å². The zero-order valence-corrected chi connectivity index (χ0v) is 14.2. The molecule has 1 aromatic carbocycles. The van der Waals surface area contributed by atoms with E-state index < -0.39 is 0 Å². The van der Waals surface area contributed by atoms with Gasteiger partial charge in [-0.15, -0.1) is 10.2 Å². The normalized spacial score (nSPS) is 12.1. The van der Waals surface area contributed by atoms with Gasteiger partial charge in [0.25, 0.3) is 5.91 Å². The monoisotopic (exact) mass is 317 g/mol. The van der Waals surface area contributed by atoms with Crippen LogP contribution < -0.4 is 5.32 Å². The summed E-state index contributed by atoms with van der Waals surface area (Å²) in [4.78, 5) is 12.2. The van der Waals surface area contributed by atoms with Gasteiger partial charge in [-0.25, -0.2) is 0 Å². The number of carbonyl (C=O) groups excluding carboxylic acids is 1. The van der Waals surface area contributed by atoms with E-state index in [9.17, 15) is 4.79 Å². The largest absolute Gasteiger partial charge is 0.296 e. The first-order valence-corrected chi connectivity index (χ1v) is 8.67. The van der Waals surface area contributed by atoms with Crippen LogP contribution in [0.4, 0.5) is 5.13 Å². The predicted molar refractivity (Wildman–Crippen MR) is 91.6 cm³/mol. The Bertz CT molecular complexity index is 607. The smallest absolute Gasteiger partial charge is 0.257 e. The average Bonchev–Trinajstić information content (AvgIpc) is 2.97. The van der Waals surface area contributed by atoms with E-state index in [1.165, 1.54) is 24.2 Å². The molecule has 1 heterocycles. The molecule has 0 aliphatic carbocycles. The molecule has 1 aromatic heterocycles. The molecule has 4 nitrogen and oxygen atoms in total. The number of rotatable bonds is 7. The van der Waals surface area contributed by atoms with E-state index in [0.717, 1.165) is 23.4 Å². The number of hydrogen-bond acceptors (Lipinski definition) is 4. The summed E-state index contributed by atoms with van der Waals surface area (Å²) in [5.74, 6) is 0.312. The van der Waals surface area contributed by atoms with Crippen LogP contribution in [0.5, 0.6) is 0 Å². The number of benzene rings is 1. The second kappa shape index (κ2) is 8.03. The van der Waals surface area contributed by atoms with Gasteiger partial charge in [0.05, 0.1) is 0 Å². The van der Waals surface area contributed by atoms with E-state index in [1.54, 1.807) is 0 Å². The number of amides is 1. The van der Waals surface area contributed by atoms with Crippen molar-refractivity contribution < 1.29 is 4.79 Å². The lowest BCUT2D eigenvalue weighted by atomic mass is 10.0. The van der Waals surface area contributed by atoms with Crippen molar-refractivity contribution in [2.45, 2.75) is 52.4 Å². The lowest BCUT2D eigenvalue weighted by Gasteiger charge is -2.09. The highest BCUT2D eigenvalue weighted by molar-refractivity contribution is 7.15. The van der Waals surface area contributed by atoms with Gasteiger partial charge in [0.1, 0.15) is 5.01 Å². The molecule has 1 amide bonds. The SMILES string of the molecule is CCCCC(CC)c1nnc(NC(=O)c2ccc(C)cc2)s1. The Labute approximate surface area is 136 Å². The summed E-state index contributed by atoms with van der Waals surface area (Å²) in [5.41, 5.74) is 1.77. The molecule has 0 bridgehead atoms. The molecule has 1 unspecified atom stereocenters. The molecule has 118 valence electrons. The molecule has 0 radical (unpaired) electrons. The molecule has 5 heteroatoms. The number of hydrogen-bond donors (Lipinski definition) is 1. The molecule has 1 N–H and O–H groups in total. The molecule has 2 aromatic rings. The van der Waals surface area contributed by atoms with E-state index in [0.29, 0.717) is 16.6 Å². The third kappa shape index (κ3) is 4.37. The Morgan fingerprint density at radius 1 is 1.23 bits per heavy atom. The Morgan fingerprint density at radius 2 is 1.95 bits per heavy atom. The van der Waals surface area contributed by atoms with Crippen molar-refractivity contribution in [3.63, 3.8) is 0 Å². The lowest BCUT2D eigenvalue weighted by molar-refractivity contribution is 0.102. The minimum absolute atomic E-state index is 0.135. The van der Waals surface area contributed by atoms with Crippen molar-refractivity contribution >= 4 is 22.4 Å². The second-order valence-electron chi connectivity index (χ2n) is 5.51. The molecule has 2 rings (SSSR count). The van der Waals surface area contributed by atoms with Gasteiger partial charge in [0, 0.05) is 11.5 Å². The fraction of sp³-hybridized carbons (Fsp3) is 0.471. The molecule has 0 aliphatic heterocycles. The van der Waals surface area contributed by atoms with Crippen LogP contribution in [0.25, 0.3) is 0 Å². The third-order valence-corrected chi connectivity index (χ3v) is 4.72. The van der Waals surface area contributed by atoms with E-state index in [4.69, 9.17) is 0 Å². The highest BCUT2D eigenvalue weighted by Crippen LogP contribution is 2.29. The number of unbranched alkanes of at least 4 members (excludes halogenated alkanes) is 1. The van der Waals surface area contributed by atoms with E-state index in [-0.39, 0.29) is 5.91 Å². The van der Waals surface area contributed by atoms with Crippen molar-refractivity contribution in [3.05, 3.63) is 40.4 Å². The lowest BCUT2D eigenvalue weighted by Crippen LogP contribution is -2.11. The maximum Gasteiger partial charge on any atom is 0.257 e. The van der Waals surface area contributed by atoms with Crippen LogP contribution in [0.15, 0.2) is 24.3 Å². The summed E-state index contributed by atoms with van der Waals surface area (Å²) in [6.45, 7) is 6.37. The molecule has 22 heavy (non-hydrogen) atoms. The predicted octanol–water partition coefficient (Wildman–Crippen LogP) is 4.78. The zero-order valence-electron chi connectivity index (χ0n) is 13.4. The number of carbonyl (C=O) groups is 1. The highest BCUT2D eigenvalue weighted by atomic mass is 32.1. The van der Waals surface area contributed by atoms with Crippen LogP contribution in [-0.4, -0.2) is 16.1 Å². The first-order valence-electron chi connectivity index (χ1n) is 7.85. The fourth-order valence-electron chi connectivity index (χ4n) is 2.28. The van der Waals surface area contributed by atoms with Gasteiger partial charge < -0.3 is 0 Å². The molecular formula is C17H23N3OS. The number of aromatic nitrogens is 2. The Kier molecular flexibility index (Phi) is 6.07. The van der Waals surface area contributed by atoms with Crippen LogP contribution in [0.1, 0.15) is 66.4 Å². The number of aryl methyl sites for hydroxylation is 1. The van der Waals surface area contributed by atoms with Crippen molar-refractivity contribution in [1.29, 1.82) is 0 Å². The summed E-state index contributed by atoms with van der Waals surface area (Å²) < 4.78 is 0. The summed E-state index contributed by atoms with van der Waals surface area (Å²) in [5, 5.41) is 12.8. The van der Waals surface area contributed by atoms with Crippen molar-refractivity contribution in [1.82, 2.24) is 10.2 Å². The van der Waals surface area contributed by atoms with Gasteiger partial charge in [0.2, 0.25) is 5.13 Å². The summed E-state index contributed by atoms with van der Waals surface area (Å²) in [7, 11) is 0. The maximum absolute atomic E-state index is 12.2. The van der Waals surface area contributed by atoms with Crippen LogP contribution in [0.2, 0.25) is 0 Å². The minimum atomic E-state index is -0.135. The van der Waals surface area contributed by atoms with E-state index >= 15 is 0 Å². The average molecular weight is 317 g/mol. The van der Waals surface area contributed by atoms with Crippen LogP contribution in [-0.2, 0) is 0 Å². The Balaban J connectivity index is 2.01. The van der Waals surface area contributed by atoms with Crippen molar-refractivity contribution in [2.24, 2.45) is 0 Å².